The van der Waals surface area contributed by atoms with Gasteiger partial charge in [-0.25, -0.2) is 0 Å². The van der Waals surface area contributed by atoms with Crippen molar-refractivity contribution in [3.05, 3.63) is 33.9 Å². The highest BCUT2D eigenvalue weighted by atomic mass is 16.7. The Morgan fingerprint density at radius 2 is 2.41 bits per heavy atom. The van der Waals surface area contributed by atoms with Crippen LogP contribution >= 0.6 is 0 Å². The topological polar surface area (TPSA) is 67.6 Å². The van der Waals surface area contributed by atoms with Gasteiger partial charge in [0.2, 0.25) is 0 Å². The van der Waals surface area contributed by atoms with E-state index in [4.69, 9.17) is 4.84 Å². The van der Waals surface area contributed by atoms with E-state index in [-0.39, 0.29) is 10.6 Å². The van der Waals surface area contributed by atoms with Gasteiger partial charge in [0, 0.05) is 26.2 Å². The molecule has 0 unspecified atom stereocenters. The van der Waals surface area contributed by atoms with Crippen molar-refractivity contribution in [1.82, 2.24) is 5.06 Å². The van der Waals surface area contributed by atoms with Crippen molar-refractivity contribution >= 4 is 11.4 Å². The van der Waals surface area contributed by atoms with Gasteiger partial charge in [0.15, 0.2) is 0 Å². The van der Waals surface area contributed by atoms with Crippen LogP contribution in [-0.4, -0.2) is 30.2 Å². The lowest BCUT2D eigenvalue weighted by Crippen LogP contribution is -2.17. The molecule has 2 rings (SSSR count). The Morgan fingerprint density at radius 3 is 3.00 bits per heavy atom. The molecular formula is C11H15N3O3. The number of nitro benzene ring substituents is 1. The molecule has 1 saturated heterocycles. The van der Waals surface area contributed by atoms with Gasteiger partial charge in [-0.05, 0) is 18.1 Å². The van der Waals surface area contributed by atoms with Crippen molar-refractivity contribution in [1.29, 1.82) is 0 Å². The van der Waals surface area contributed by atoms with Gasteiger partial charge in [-0.1, -0.05) is 6.07 Å². The van der Waals surface area contributed by atoms with Crippen molar-refractivity contribution in [2.45, 2.75) is 13.0 Å². The van der Waals surface area contributed by atoms with Crippen LogP contribution in [0.25, 0.3) is 0 Å². The molecule has 1 aliphatic rings. The predicted molar refractivity (Wildman–Crippen MR) is 63.6 cm³/mol. The number of hydrogen-bond donors (Lipinski definition) is 1. The van der Waals surface area contributed by atoms with E-state index < -0.39 is 0 Å². The van der Waals surface area contributed by atoms with Gasteiger partial charge in [-0.3, -0.25) is 15.0 Å². The molecule has 6 heteroatoms. The molecular weight excluding hydrogens is 222 g/mol. The molecule has 0 bridgehead atoms. The number of nitrogens with zero attached hydrogens (tertiary/aromatic N) is 2. The van der Waals surface area contributed by atoms with Crippen LogP contribution in [0.5, 0.6) is 0 Å². The molecule has 0 aliphatic carbocycles. The third-order valence-electron chi connectivity index (χ3n) is 2.71. The zero-order chi connectivity index (χ0) is 12.3. The lowest BCUT2D eigenvalue weighted by atomic mass is 10.1. The maximum absolute atomic E-state index is 10.9. The summed E-state index contributed by atoms with van der Waals surface area (Å²) < 4.78 is 0. The summed E-state index contributed by atoms with van der Waals surface area (Å²) in [4.78, 5) is 15.9. The van der Waals surface area contributed by atoms with E-state index in [9.17, 15) is 10.1 Å². The summed E-state index contributed by atoms with van der Waals surface area (Å²) in [6, 6.07) is 5.19. The molecule has 0 saturated carbocycles. The second-order valence-corrected chi connectivity index (χ2v) is 3.91. The molecule has 1 aromatic carbocycles. The molecule has 1 N–H and O–H groups in total. The molecule has 0 radical (unpaired) electrons. The highest BCUT2D eigenvalue weighted by Crippen LogP contribution is 2.26. The molecule has 0 amide bonds. The van der Waals surface area contributed by atoms with E-state index in [0.717, 1.165) is 25.1 Å². The number of anilines is 1. The van der Waals surface area contributed by atoms with Crippen molar-refractivity contribution in [3.8, 4) is 0 Å². The number of rotatable bonds is 4. The fraction of sp³-hybridized carbons (Fsp3) is 0.455. The number of nitro groups is 1. The third kappa shape index (κ3) is 2.72. The quantitative estimate of drug-likeness (QED) is 0.638. The highest BCUT2D eigenvalue weighted by Gasteiger charge is 2.17. The number of hydroxylamine groups is 2. The van der Waals surface area contributed by atoms with E-state index in [0.29, 0.717) is 12.2 Å². The Bertz CT molecular complexity index is 416. The summed E-state index contributed by atoms with van der Waals surface area (Å²) in [7, 11) is 1.67. The molecule has 1 heterocycles. The largest absolute Gasteiger partial charge is 0.383 e. The van der Waals surface area contributed by atoms with Crippen LogP contribution in [0.4, 0.5) is 11.4 Å². The Balaban J connectivity index is 2.17. The summed E-state index contributed by atoms with van der Waals surface area (Å²) in [5.74, 6) is 0. The average Bonchev–Trinajstić information content (AvgIpc) is 2.81. The Labute approximate surface area is 99.3 Å². The van der Waals surface area contributed by atoms with Crippen LogP contribution in [0.15, 0.2) is 18.2 Å². The van der Waals surface area contributed by atoms with Gasteiger partial charge >= 0.3 is 0 Å². The second-order valence-electron chi connectivity index (χ2n) is 3.91. The zero-order valence-corrected chi connectivity index (χ0v) is 9.68. The Kier molecular flexibility index (Phi) is 3.55. The normalized spacial score (nSPS) is 16.1. The molecule has 0 atom stereocenters. The van der Waals surface area contributed by atoms with Crippen LogP contribution in [-0.2, 0) is 11.4 Å². The van der Waals surface area contributed by atoms with Crippen LogP contribution < -0.4 is 5.32 Å². The zero-order valence-electron chi connectivity index (χ0n) is 9.68. The monoisotopic (exact) mass is 237 g/mol. The van der Waals surface area contributed by atoms with Crippen LogP contribution in [0.2, 0.25) is 0 Å². The van der Waals surface area contributed by atoms with E-state index in [1.54, 1.807) is 19.2 Å². The van der Waals surface area contributed by atoms with Crippen molar-refractivity contribution < 1.29 is 9.76 Å². The first-order valence-corrected chi connectivity index (χ1v) is 5.53. The van der Waals surface area contributed by atoms with Gasteiger partial charge in [0.1, 0.15) is 5.69 Å². The number of hydrogen-bond acceptors (Lipinski definition) is 5. The highest BCUT2D eigenvalue weighted by molar-refractivity contribution is 5.62. The third-order valence-corrected chi connectivity index (χ3v) is 2.71. The minimum atomic E-state index is -0.375. The minimum Gasteiger partial charge on any atom is -0.383 e. The smallest absolute Gasteiger partial charge is 0.292 e. The molecule has 1 aliphatic heterocycles. The molecule has 0 spiro atoms. The maximum atomic E-state index is 10.9. The Hall–Kier alpha value is -1.66. The van der Waals surface area contributed by atoms with E-state index in [2.05, 4.69) is 5.32 Å². The molecule has 1 aromatic rings. The molecule has 92 valence electrons. The summed E-state index contributed by atoms with van der Waals surface area (Å²) >= 11 is 0. The SMILES string of the molecule is CNc1ccc(CN2CCCO2)cc1[N+](=O)[O-]. The van der Waals surface area contributed by atoms with Crippen LogP contribution in [0.1, 0.15) is 12.0 Å². The first-order chi connectivity index (χ1) is 8.20. The average molecular weight is 237 g/mol. The molecule has 1 fully saturated rings. The van der Waals surface area contributed by atoms with Crippen LogP contribution in [0.3, 0.4) is 0 Å². The lowest BCUT2D eigenvalue weighted by molar-refractivity contribution is -0.384. The van der Waals surface area contributed by atoms with Crippen molar-refractivity contribution in [2.24, 2.45) is 0 Å². The summed E-state index contributed by atoms with van der Waals surface area (Å²) in [6.45, 7) is 2.20. The summed E-state index contributed by atoms with van der Waals surface area (Å²) in [6.07, 6.45) is 1.01. The summed E-state index contributed by atoms with van der Waals surface area (Å²) in [5, 5.41) is 15.5. The molecule has 0 aromatic heterocycles. The van der Waals surface area contributed by atoms with E-state index in [1.165, 1.54) is 0 Å². The van der Waals surface area contributed by atoms with E-state index in [1.807, 2.05) is 11.1 Å². The van der Waals surface area contributed by atoms with Gasteiger partial charge < -0.3 is 5.32 Å². The van der Waals surface area contributed by atoms with E-state index >= 15 is 0 Å². The Morgan fingerprint density at radius 1 is 1.59 bits per heavy atom. The van der Waals surface area contributed by atoms with Crippen molar-refractivity contribution in [3.63, 3.8) is 0 Å². The maximum Gasteiger partial charge on any atom is 0.292 e. The first kappa shape index (κ1) is 11.8. The number of nitrogens with one attached hydrogen (secondary N) is 1. The number of benzene rings is 1. The standard InChI is InChI=1S/C11H15N3O3/c1-12-10-4-3-9(7-11(10)14(15)16)8-13-5-2-6-17-13/h3-4,7,12H,2,5-6,8H2,1H3. The molecule has 6 nitrogen and oxygen atoms in total. The predicted octanol–water partition coefficient (Wildman–Crippen LogP) is 1.77. The fourth-order valence-electron chi connectivity index (χ4n) is 1.87. The lowest BCUT2D eigenvalue weighted by Gasteiger charge is -2.13. The van der Waals surface area contributed by atoms with Gasteiger partial charge in [-0.15, -0.1) is 0 Å². The van der Waals surface area contributed by atoms with Gasteiger partial charge in [0.25, 0.3) is 5.69 Å². The fourth-order valence-corrected chi connectivity index (χ4v) is 1.87. The molecule has 17 heavy (non-hydrogen) atoms. The van der Waals surface area contributed by atoms with Crippen LogP contribution in [0, 0.1) is 10.1 Å². The van der Waals surface area contributed by atoms with Crippen molar-refractivity contribution in [2.75, 3.05) is 25.5 Å². The minimum absolute atomic E-state index is 0.101. The van der Waals surface area contributed by atoms with Gasteiger partial charge in [0.05, 0.1) is 11.5 Å². The second kappa shape index (κ2) is 5.11. The first-order valence-electron chi connectivity index (χ1n) is 5.53. The van der Waals surface area contributed by atoms with Gasteiger partial charge in [-0.2, -0.15) is 5.06 Å². The summed E-state index contributed by atoms with van der Waals surface area (Å²) in [5.41, 5.74) is 1.52.